The number of fused-ring (bicyclic) bond motifs is 1. The van der Waals surface area contributed by atoms with Gasteiger partial charge in [0.05, 0.1) is 18.1 Å². The number of furan rings is 1. The first kappa shape index (κ1) is 24.0. The number of hydrogen-bond acceptors (Lipinski definition) is 6. The molecule has 1 amide bonds. The van der Waals surface area contributed by atoms with Crippen molar-refractivity contribution < 1.29 is 23.8 Å². The molecule has 7 heteroatoms. The largest absolute Gasteiger partial charge is 0.472 e. The molecule has 4 rings (SSSR count). The van der Waals surface area contributed by atoms with Crippen LogP contribution in [0.25, 0.3) is 6.08 Å². The van der Waals surface area contributed by atoms with Crippen molar-refractivity contribution in [1.29, 1.82) is 0 Å². The van der Waals surface area contributed by atoms with Crippen LogP contribution in [0.3, 0.4) is 0 Å². The minimum Gasteiger partial charge on any atom is -0.472 e. The van der Waals surface area contributed by atoms with E-state index in [1.165, 1.54) is 13.0 Å². The number of likely N-dealkylation sites (tertiary alicyclic amines) is 1. The summed E-state index contributed by atoms with van der Waals surface area (Å²) in [4.78, 5) is 26.4. The van der Waals surface area contributed by atoms with E-state index in [1.807, 2.05) is 24.3 Å². The fraction of sp³-hybridized carbons (Fsp3) is 0.407. The van der Waals surface area contributed by atoms with Gasteiger partial charge in [0, 0.05) is 43.1 Å². The van der Waals surface area contributed by atoms with Gasteiger partial charge in [-0.25, -0.2) is 0 Å². The molecule has 3 atom stereocenters. The maximum absolute atomic E-state index is 12.6. The van der Waals surface area contributed by atoms with Crippen molar-refractivity contribution in [3.05, 3.63) is 72.7 Å². The molecule has 1 aromatic heterocycles. The lowest BCUT2D eigenvalue weighted by molar-refractivity contribution is -0.132. The molecule has 2 aliphatic rings. The van der Waals surface area contributed by atoms with Crippen LogP contribution in [0.4, 0.5) is 0 Å². The van der Waals surface area contributed by atoms with E-state index < -0.39 is 11.0 Å². The van der Waals surface area contributed by atoms with E-state index in [-0.39, 0.29) is 17.9 Å². The van der Waals surface area contributed by atoms with E-state index in [9.17, 15) is 14.7 Å². The Hall–Kier alpha value is -3.16. The molecule has 0 bridgehead atoms. The van der Waals surface area contributed by atoms with E-state index in [4.69, 9.17) is 9.15 Å². The third kappa shape index (κ3) is 5.00. The minimum absolute atomic E-state index is 0.0925. The van der Waals surface area contributed by atoms with E-state index in [2.05, 4.69) is 16.8 Å². The summed E-state index contributed by atoms with van der Waals surface area (Å²) in [7, 11) is 0. The van der Waals surface area contributed by atoms with E-state index in [0.717, 1.165) is 24.1 Å². The summed E-state index contributed by atoms with van der Waals surface area (Å²) >= 11 is 0. The zero-order valence-corrected chi connectivity index (χ0v) is 19.5. The first-order chi connectivity index (χ1) is 16.3. The van der Waals surface area contributed by atoms with Crippen LogP contribution >= 0.6 is 0 Å². The molecule has 34 heavy (non-hydrogen) atoms. The van der Waals surface area contributed by atoms with Crippen molar-refractivity contribution in [2.24, 2.45) is 0 Å². The van der Waals surface area contributed by atoms with Gasteiger partial charge in [-0.2, -0.15) is 0 Å². The second kappa shape index (κ2) is 9.99. The van der Waals surface area contributed by atoms with Crippen molar-refractivity contribution in [1.82, 2.24) is 10.2 Å². The predicted octanol–water partition coefficient (Wildman–Crippen LogP) is 3.45. The first-order valence-corrected chi connectivity index (χ1v) is 11.7. The smallest absolute Gasteiger partial charge is 0.308 e. The molecule has 1 saturated carbocycles. The Bertz CT molecular complexity index is 1060. The summed E-state index contributed by atoms with van der Waals surface area (Å²) in [6.07, 6.45) is 10.8. The second-order valence-corrected chi connectivity index (χ2v) is 9.35. The molecule has 0 radical (unpaired) electrons. The Kier molecular flexibility index (Phi) is 7.05. The molecule has 2 fully saturated rings. The maximum Gasteiger partial charge on any atom is 0.308 e. The molecule has 2 aromatic rings. The van der Waals surface area contributed by atoms with Crippen molar-refractivity contribution in [3.63, 3.8) is 0 Å². The summed E-state index contributed by atoms with van der Waals surface area (Å²) in [5, 5.41) is 15.2. The third-order valence-corrected chi connectivity index (χ3v) is 7.08. The highest BCUT2D eigenvalue weighted by Gasteiger charge is 2.57. The number of aliphatic hydroxyl groups is 1. The molecule has 2 N–H and O–H groups in total. The van der Waals surface area contributed by atoms with E-state index in [1.54, 1.807) is 30.7 Å². The van der Waals surface area contributed by atoms with Gasteiger partial charge in [-0.15, -0.1) is 6.58 Å². The van der Waals surface area contributed by atoms with Crippen LogP contribution in [0.15, 0.2) is 66.0 Å². The quantitative estimate of drug-likeness (QED) is 0.282. The van der Waals surface area contributed by atoms with Gasteiger partial charge in [0.2, 0.25) is 5.91 Å². The highest BCUT2D eigenvalue weighted by atomic mass is 16.5. The maximum atomic E-state index is 12.6. The van der Waals surface area contributed by atoms with Crippen LogP contribution in [-0.2, 0) is 15.0 Å². The van der Waals surface area contributed by atoms with E-state index >= 15 is 0 Å². The van der Waals surface area contributed by atoms with Gasteiger partial charge < -0.3 is 19.6 Å². The summed E-state index contributed by atoms with van der Waals surface area (Å²) in [6, 6.07) is 9.14. The number of ether oxygens (including phenoxy) is 1. The summed E-state index contributed by atoms with van der Waals surface area (Å²) < 4.78 is 10.4. The van der Waals surface area contributed by atoms with Crippen molar-refractivity contribution in [3.8, 4) is 5.75 Å². The number of amides is 1. The van der Waals surface area contributed by atoms with Crippen LogP contribution in [0.1, 0.15) is 43.7 Å². The van der Waals surface area contributed by atoms with Crippen LogP contribution < -0.4 is 10.1 Å². The number of β-amino-alcohol motifs (C(OH)–C–C–N with tert-alkyl or cyclic N) is 1. The average molecular weight is 465 g/mol. The van der Waals surface area contributed by atoms with Gasteiger partial charge in [0.25, 0.3) is 0 Å². The first-order valence-electron chi connectivity index (χ1n) is 11.7. The second-order valence-electron chi connectivity index (χ2n) is 9.35. The number of hydrogen-bond donors (Lipinski definition) is 2. The standard InChI is InChI=1S/C27H32N2O5/c1-3-13-29-14-12-26(22-5-4-6-24(16-22)34-20(2)30)17-23(9-11-27(26,32)19-29)28-25(31)8-7-21-10-15-33-18-21/h3-8,10,15-16,18,23,32H,1,9,11-14,17,19H2,2H3,(H,28,31)/t23-,26-,27-/m0/s1. The molecule has 1 aliphatic heterocycles. The van der Waals surface area contributed by atoms with Crippen molar-refractivity contribution in [2.75, 3.05) is 19.6 Å². The number of esters is 1. The number of benzene rings is 1. The van der Waals surface area contributed by atoms with Gasteiger partial charge >= 0.3 is 5.97 Å². The van der Waals surface area contributed by atoms with Gasteiger partial charge in [-0.1, -0.05) is 18.2 Å². The van der Waals surface area contributed by atoms with Gasteiger partial charge in [0.15, 0.2) is 0 Å². The lowest BCUT2D eigenvalue weighted by Gasteiger charge is -2.58. The van der Waals surface area contributed by atoms with Gasteiger partial charge in [-0.3, -0.25) is 14.5 Å². The fourth-order valence-corrected chi connectivity index (χ4v) is 5.53. The molecular weight excluding hydrogens is 432 g/mol. The Labute approximate surface area is 200 Å². The lowest BCUT2D eigenvalue weighted by Crippen LogP contribution is -2.67. The minimum atomic E-state index is -0.975. The monoisotopic (exact) mass is 464 g/mol. The number of rotatable bonds is 7. The topological polar surface area (TPSA) is 92.0 Å². The fourth-order valence-electron chi connectivity index (χ4n) is 5.53. The molecular formula is C27H32N2O5. The number of carbonyl (C=O) groups is 2. The number of piperidine rings is 1. The lowest BCUT2D eigenvalue weighted by atomic mass is 9.55. The highest BCUT2D eigenvalue weighted by molar-refractivity contribution is 5.91. The zero-order valence-electron chi connectivity index (χ0n) is 19.5. The average Bonchev–Trinajstić information content (AvgIpc) is 3.32. The zero-order chi connectivity index (χ0) is 24.2. The molecule has 1 aromatic carbocycles. The molecule has 0 spiro atoms. The number of nitrogens with one attached hydrogen (secondary N) is 1. The molecule has 180 valence electrons. The van der Waals surface area contributed by atoms with Crippen molar-refractivity contribution in [2.45, 2.75) is 49.7 Å². The highest BCUT2D eigenvalue weighted by Crippen LogP contribution is 2.52. The summed E-state index contributed by atoms with van der Waals surface area (Å²) in [5.74, 6) is -0.0992. The summed E-state index contributed by atoms with van der Waals surface area (Å²) in [6.45, 7) is 7.26. The Morgan fingerprint density at radius 2 is 2.21 bits per heavy atom. The summed E-state index contributed by atoms with van der Waals surface area (Å²) in [5.41, 5.74) is 0.198. The molecule has 1 aliphatic carbocycles. The van der Waals surface area contributed by atoms with Crippen molar-refractivity contribution >= 4 is 18.0 Å². The Morgan fingerprint density at radius 1 is 1.35 bits per heavy atom. The van der Waals surface area contributed by atoms with Crippen LogP contribution in [0.5, 0.6) is 5.75 Å². The Balaban J connectivity index is 1.60. The molecule has 2 heterocycles. The van der Waals surface area contributed by atoms with Crippen LogP contribution in [0.2, 0.25) is 0 Å². The van der Waals surface area contributed by atoms with E-state index in [0.29, 0.717) is 38.1 Å². The SMILES string of the molecule is C=CCN1CC[C@@]2(c3cccc(OC(C)=O)c3)C[C@@H](NC(=O)C=Cc3ccoc3)CC[C@]2(O)C1. The predicted molar refractivity (Wildman–Crippen MR) is 129 cm³/mol. The third-order valence-electron chi connectivity index (χ3n) is 7.08. The van der Waals surface area contributed by atoms with Crippen LogP contribution in [-0.4, -0.2) is 53.2 Å². The number of nitrogens with zero attached hydrogens (tertiary/aromatic N) is 1. The molecule has 1 saturated heterocycles. The normalized spacial score (nSPS) is 27.2. The van der Waals surface area contributed by atoms with Crippen LogP contribution in [0, 0.1) is 0 Å². The number of carbonyl (C=O) groups excluding carboxylic acids is 2. The molecule has 0 unspecified atom stereocenters. The van der Waals surface area contributed by atoms with Gasteiger partial charge in [-0.05, 0) is 62.1 Å². The molecule has 7 nitrogen and oxygen atoms in total. The Morgan fingerprint density at radius 3 is 2.94 bits per heavy atom. The van der Waals surface area contributed by atoms with Gasteiger partial charge in [0.1, 0.15) is 5.75 Å².